The van der Waals surface area contributed by atoms with Crippen molar-refractivity contribution in [2.24, 2.45) is 0 Å². The molecule has 0 unspecified atom stereocenters. The van der Waals surface area contributed by atoms with Crippen molar-refractivity contribution < 1.29 is 14.4 Å². The Kier molecular flexibility index (Phi) is 3.82. The van der Waals surface area contributed by atoms with Crippen molar-refractivity contribution in [2.75, 3.05) is 0 Å². The fourth-order valence-electron chi connectivity index (χ4n) is 0.581. The Morgan fingerprint density at radius 1 is 1.45 bits per heavy atom. The number of amides is 2. The summed E-state index contributed by atoms with van der Waals surface area (Å²) >= 11 is 0. The summed E-state index contributed by atoms with van der Waals surface area (Å²) in [5.41, 5.74) is 0. The summed E-state index contributed by atoms with van der Waals surface area (Å²) in [6.45, 7) is 4.78. The van der Waals surface area contributed by atoms with Crippen LogP contribution < -0.4 is 0 Å². The van der Waals surface area contributed by atoms with E-state index in [4.69, 9.17) is 4.84 Å². The zero-order valence-corrected chi connectivity index (χ0v) is 7.25. The van der Waals surface area contributed by atoms with E-state index in [1.807, 2.05) is 0 Å². The average molecular weight is 157 g/mol. The van der Waals surface area contributed by atoms with Crippen LogP contribution in [0.1, 0.15) is 20.8 Å². The zero-order chi connectivity index (χ0) is 9.02. The van der Waals surface area contributed by atoms with E-state index in [9.17, 15) is 9.59 Å². The first-order chi connectivity index (χ1) is 4.95. The highest BCUT2D eigenvalue weighted by Crippen LogP contribution is 1.97. The average Bonchev–Trinajstić information content (AvgIpc) is 1.81. The fourth-order valence-corrected chi connectivity index (χ4v) is 0.581. The van der Waals surface area contributed by atoms with E-state index in [0.717, 1.165) is 5.06 Å². The minimum Gasteiger partial charge on any atom is -0.286 e. The second-order valence-corrected chi connectivity index (χ2v) is 2.49. The van der Waals surface area contributed by atoms with Gasteiger partial charge in [0.1, 0.15) is 0 Å². The van der Waals surface area contributed by atoms with Gasteiger partial charge in [-0.25, -0.2) is 0 Å². The molecule has 0 radical (unpaired) electrons. The van der Waals surface area contributed by atoms with E-state index in [-0.39, 0.29) is 6.10 Å². The number of carbonyl (C=O) groups is 2. The molecule has 0 aliphatic rings. The van der Waals surface area contributed by atoms with Crippen molar-refractivity contribution in [1.29, 1.82) is 0 Å². The number of carbonyl (C=O) groups excluding carboxylic acids is 2. The molecule has 0 heterocycles. The van der Waals surface area contributed by atoms with Gasteiger partial charge in [0.25, 0.3) is 0 Å². The molecule has 0 aromatic carbocycles. The van der Waals surface area contributed by atoms with Crippen molar-refractivity contribution in [2.45, 2.75) is 26.9 Å². The molecule has 0 bridgehead atoms. The highest BCUT2D eigenvalue weighted by molar-refractivity contribution is 6.58. The van der Waals surface area contributed by atoms with Gasteiger partial charge in [-0.3, -0.25) is 14.4 Å². The van der Waals surface area contributed by atoms with E-state index in [2.05, 4.69) is 0 Å². The molecule has 0 aromatic rings. The van der Waals surface area contributed by atoms with Crippen LogP contribution in [-0.2, 0) is 9.63 Å². The molecule has 0 aromatic heterocycles. The van der Waals surface area contributed by atoms with Crippen LogP contribution in [0.5, 0.6) is 0 Å². The first-order valence-corrected chi connectivity index (χ1v) is 3.43. The van der Waals surface area contributed by atoms with Gasteiger partial charge in [0.05, 0.1) is 6.10 Å². The smallest absolute Gasteiger partial charge is 0.249 e. The number of hydrogen-bond donors (Lipinski definition) is 0. The van der Waals surface area contributed by atoms with Crippen molar-refractivity contribution >= 4 is 19.6 Å². The van der Waals surface area contributed by atoms with Gasteiger partial charge in [-0.2, -0.15) is 5.06 Å². The predicted octanol–water partition coefficient (Wildman–Crippen LogP) is -0.0720. The van der Waals surface area contributed by atoms with Crippen LogP contribution in [0, 0.1) is 0 Å². The maximum absolute atomic E-state index is 10.7. The maximum Gasteiger partial charge on any atom is 0.249 e. The van der Waals surface area contributed by atoms with Gasteiger partial charge in [0.2, 0.25) is 13.8 Å². The topological polar surface area (TPSA) is 46.6 Å². The van der Waals surface area contributed by atoms with Crippen molar-refractivity contribution in [1.82, 2.24) is 5.06 Å². The molecule has 0 aliphatic carbocycles. The Morgan fingerprint density at radius 2 is 1.91 bits per heavy atom. The molecule has 0 saturated heterocycles. The Balaban J connectivity index is 4.12. The summed E-state index contributed by atoms with van der Waals surface area (Å²) in [7, 11) is 1.28. The monoisotopic (exact) mass is 157 g/mol. The Hall–Kier alpha value is -0.835. The minimum absolute atomic E-state index is 0.164. The molecule has 5 heteroatoms. The Morgan fingerprint density at radius 3 is 2.00 bits per heavy atom. The number of rotatable bonds is 2. The van der Waals surface area contributed by atoms with Gasteiger partial charge < -0.3 is 0 Å². The van der Waals surface area contributed by atoms with Crippen LogP contribution in [-0.4, -0.2) is 30.7 Å². The quantitative estimate of drug-likeness (QED) is 0.416. The van der Waals surface area contributed by atoms with E-state index >= 15 is 0 Å². The lowest BCUT2D eigenvalue weighted by Gasteiger charge is -2.18. The van der Waals surface area contributed by atoms with E-state index in [1.54, 1.807) is 13.8 Å². The lowest BCUT2D eigenvalue weighted by atomic mass is 10.1. The highest BCUT2D eigenvalue weighted by atomic mass is 16.7. The summed E-state index contributed by atoms with van der Waals surface area (Å²) in [6.07, 6.45) is -0.164. The third-order valence-corrected chi connectivity index (χ3v) is 0.888. The minimum atomic E-state index is -0.397. The van der Waals surface area contributed by atoms with Crippen molar-refractivity contribution in [3.05, 3.63) is 0 Å². The van der Waals surface area contributed by atoms with Crippen molar-refractivity contribution in [3.8, 4) is 0 Å². The summed E-state index contributed by atoms with van der Waals surface area (Å²) in [5.74, 6) is -0.794. The molecule has 0 saturated carbocycles. The summed E-state index contributed by atoms with van der Waals surface area (Å²) < 4.78 is 0. The van der Waals surface area contributed by atoms with Gasteiger partial charge >= 0.3 is 0 Å². The van der Waals surface area contributed by atoms with Crippen LogP contribution in [0.3, 0.4) is 0 Å². The molecule has 2 amide bonds. The maximum atomic E-state index is 10.7. The Labute approximate surface area is 66.9 Å². The molecule has 11 heavy (non-hydrogen) atoms. The second kappa shape index (κ2) is 4.13. The first-order valence-electron chi connectivity index (χ1n) is 3.43. The largest absolute Gasteiger partial charge is 0.286 e. The molecular weight excluding hydrogens is 145 g/mol. The van der Waals surface area contributed by atoms with Crippen LogP contribution >= 0.6 is 0 Å². The molecule has 62 valence electrons. The van der Waals surface area contributed by atoms with Crippen LogP contribution in [0.15, 0.2) is 0 Å². The normalized spacial score (nSPS) is 9.82. The second-order valence-electron chi connectivity index (χ2n) is 2.49. The first kappa shape index (κ1) is 10.2. The lowest BCUT2D eigenvalue weighted by molar-refractivity contribution is -0.174. The van der Waals surface area contributed by atoms with Gasteiger partial charge in [0.15, 0.2) is 5.81 Å². The molecule has 0 N–H and O–H groups in total. The standard InChI is InChI=1S/C6H12BNO3/c1-4(2)11-8(5(3)9)6(7)10/h4H,7H2,1-3H3. The summed E-state index contributed by atoms with van der Waals surface area (Å²) in [6, 6.07) is 0. The number of hydrogen-bond acceptors (Lipinski definition) is 3. The van der Waals surface area contributed by atoms with Crippen LogP contribution in [0.4, 0.5) is 4.79 Å². The van der Waals surface area contributed by atoms with Gasteiger partial charge in [-0.15, -0.1) is 0 Å². The van der Waals surface area contributed by atoms with E-state index in [1.165, 1.54) is 14.8 Å². The summed E-state index contributed by atoms with van der Waals surface area (Å²) in [5, 5.41) is 0.755. The molecular formula is C6H12BNO3. The molecule has 0 atom stereocenters. The van der Waals surface area contributed by atoms with Gasteiger partial charge in [-0.05, 0) is 13.8 Å². The number of imide groups is 1. The van der Waals surface area contributed by atoms with Crippen LogP contribution in [0.2, 0.25) is 0 Å². The molecule has 0 fully saturated rings. The number of nitrogens with zero attached hydrogens (tertiary/aromatic N) is 1. The molecule has 4 nitrogen and oxygen atoms in total. The fraction of sp³-hybridized carbons (Fsp3) is 0.667. The highest BCUT2D eigenvalue weighted by Gasteiger charge is 2.15. The Bertz CT molecular complexity index is 155. The van der Waals surface area contributed by atoms with Gasteiger partial charge in [-0.1, -0.05) is 0 Å². The van der Waals surface area contributed by atoms with Crippen LogP contribution in [0.25, 0.3) is 0 Å². The number of hydroxylamine groups is 2. The molecule has 0 aliphatic heterocycles. The predicted molar refractivity (Wildman–Crippen MR) is 42.7 cm³/mol. The summed E-state index contributed by atoms with van der Waals surface area (Å²) in [4.78, 5) is 26.3. The third-order valence-electron chi connectivity index (χ3n) is 0.888. The molecule has 0 rings (SSSR count). The van der Waals surface area contributed by atoms with E-state index in [0.29, 0.717) is 0 Å². The third kappa shape index (κ3) is 3.77. The SMILES string of the molecule is BC(=O)N(OC(C)C)C(C)=O. The zero-order valence-electron chi connectivity index (χ0n) is 7.25. The van der Waals surface area contributed by atoms with E-state index < -0.39 is 11.7 Å². The van der Waals surface area contributed by atoms with Crippen molar-refractivity contribution in [3.63, 3.8) is 0 Å². The lowest BCUT2D eigenvalue weighted by Crippen LogP contribution is -2.36. The van der Waals surface area contributed by atoms with Gasteiger partial charge in [0, 0.05) is 6.92 Å². The molecule has 0 spiro atoms.